The first-order valence-electron chi connectivity index (χ1n) is 7.61. The van der Waals surface area contributed by atoms with Gasteiger partial charge in [-0.05, 0) is 30.3 Å². The largest absolute Gasteiger partial charge is 0.379 e. The first-order valence-corrected chi connectivity index (χ1v) is 10.9. The summed E-state index contributed by atoms with van der Waals surface area (Å²) in [6.07, 6.45) is 1.13. The van der Waals surface area contributed by atoms with Gasteiger partial charge in [0.2, 0.25) is 10.0 Å². The van der Waals surface area contributed by atoms with Crippen LogP contribution in [0.5, 0.6) is 0 Å². The van der Waals surface area contributed by atoms with Crippen LogP contribution in [0.4, 0.5) is 5.82 Å². The monoisotopic (exact) mass is 417 g/mol. The van der Waals surface area contributed by atoms with Crippen LogP contribution in [0.2, 0.25) is 5.02 Å². The summed E-state index contributed by atoms with van der Waals surface area (Å²) >= 11 is 5.81. The van der Waals surface area contributed by atoms with E-state index in [0.29, 0.717) is 13.2 Å². The highest BCUT2D eigenvalue weighted by Crippen LogP contribution is 2.20. The average molecular weight is 418 g/mol. The smallest absolute Gasteiger partial charge is 0.263 e. The third kappa shape index (κ3) is 4.15. The molecule has 1 N–H and O–H groups in total. The minimum Gasteiger partial charge on any atom is -0.379 e. The molecule has 0 amide bonds. The Balaban J connectivity index is 1.79. The minimum atomic E-state index is -3.88. The van der Waals surface area contributed by atoms with E-state index >= 15 is 0 Å². The summed E-state index contributed by atoms with van der Waals surface area (Å²) in [5.74, 6) is 0.00547. The number of anilines is 1. The van der Waals surface area contributed by atoms with Crippen molar-refractivity contribution in [2.75, 3.05) is 31.0 Å². The zero-order valence-electron chi connectivity index (χ0n) is 13.5. The molecule has 0 aliphatic carbocycles. The van der Waals surface area contributed by atoms with Gasteiger partial charge in [-0.25, -0.2) is 21.8 Å². The molecular formula is C15H16ClN3O5S2. The quantitative estimate of drug-likeness (QED) is 0.791. The van der Waals surface area contributed by atoms with Gasteiger partial charge in [-0.3, -0.25) is 4.72 Å². The van der Waals surface area contributed by atoms with Crippen LogP contribution in [0.15, 0.2) is 52.4 Å². The Bertz CT molecular complexity index is 988. The Hall–Kier alpha value is -1.72. The number of hydrogen-bond donors (Lipinski definition) is 1. The maximum absolute atomic E-state index is 12.5. The summed E-state index contributed by atoms with van der Waals surface area (Å²) in [6.45, 7) is 1.21. The first kappa shape index (κ1) is 19.1. The second kappa shape index (κ2) is 7.49. The van der Waals surface area contributed by atoms with Crippen LogP contribution >= 0.6 is 11.6 Å². The summed E-state index contributed by atoms with van der Waals surface area (Å²) in [4.78, 5) is 3.89. The van der Waals surface area contributed by atoms with Gasteiger partial charge in [0.05, 0.1) is 18.1 Å². The fourth-order valence-electron chi connectivity index (χ4n) is 2.36. The number of nitrogens with one attached hydrogen (secondary N) is 1. The molecular weight excluding hydrogens is 402 g/mol. The molecule has 0 radical (unpaired) electrons. The highest BCUT2D eigenvalue weighted by molar-refractivity contribution is 7.92. The fourth-order valence-corrected chi connectivity index (χ4v) is 5.02. The minimum absolute atomic E-state index is 0.00547. The summed E-state index contributed by atoms with van der Waals surface area (Å²) in [5, 5.41) is 0.285. The van der Waals surface area contributed by atoms with E-state index in [4.69, 9.17) is 16.3 Å². The Morgan fingerprint density at radius 2 is 1.77 bits per heavy atom. The molecule has 26 heavy (non-hydrogen) atoms. The van der Waals surface area contributed by atoms with Gasteiger partial charge in [-0.15, -0.1) is 0 Å². The van der Waals surface area contributed by atoms with E-state index in [1.54, 1.807) is 6.07 Å². The van der Waals surface area contributed by atoms with Crippen LogP contribution < -0.4 is 4.72 Å². The van der Waals surface area contributed by atoms with Gasteiger partial charge >= 0.3 is 0 Å². The second-order valence-electron chi connectivity index (χ2n) is 5.46. The van der Waals surface area contributed by atoms with Gasteiger partial charge < -0.3 is 4.74 Å². The Labute approximate surface area is 156 Å². The first-order chi connectivity index (χ1) is 12.3. The van der Waals surface area contributed by atoms with Crippen molar-refractivity contribution in [1.29, 1.82) is 0 Å². The molecule has 0 spiro atoms. The van der Waals surface area contributed by atoms with E-state index < -0.39 is 20.0 Å². The van der Waals surface area contributed by atoms with Crippen molar-refractivity contribution >= 4 is 37.5 Å². The summed E-state index contributed by atoms with van der Waals surface area (Å²) in [6, 6.07) is 8.39. The second-order valence-corrected chi connectivity index (χ2v) is 9.52. The van der Waals surface area contributed by atoms with Crippen molar-refractivity contribution < 1.29 is 21.6 Å². The van der Waals surface area contributed by atoms with E-state index in [0.717, 1.165) is 6.20 Å². The number of aromatic nitrogens is 1. The molecule has 140 valence electrons. The number of morpholine rings is 1. The Kier molecular flexibility index (Phi) is 5.49. The lowest BCUT2D eigenvalue weighted by Gasteiger charge is -2.25. The van der Waals surface area contributed by atoms with Gasteiger partial charge in [0, 0.05) is 24.3 Å². The van der Waals surface area contributed by atoms with Crippen molar-refractivity contribution in [3.05, 3.63) is 47.6 Å². The zero-order chi connectivity index (χ0) is 18.8. The lowest BCUT2D eigenvalue weighted by Crippen LogP contribution is -2.40. The van der Waals surface area contributed by atoms with E-state index in [1.165, 1.54) is 34.6 Å². The number of pyridine rings is 1. The van der Waals surface area contributed by atoms with E-state index in [-0.39, 0.29) is 33.7 Å². The van der Waals surface area contributed by atoms with Gasteiger partial charge in [0.1, 0.15) is 10.7 Å². The number of halogens is 1. The van der Waals surface area contributed by atoms with Crippen molar-refractivity contribution in [3.63, 3.8) is 0 Å². The SMILES string of the molecule is O=S(=O)(Nc1ccc(S(=O)(=O)N2CCOCC2)cn1)c1cccc(Cl)c1. The number of benzene rings is 1. The van der Waals surface area contributed by atoms with Crippen LogP contribution in [-0.2, 0) is 24.8 Å². The molecule has 1 aromatic carbocycles. The lowest BCUT2D eigenvalue weighted by atomic mass is 10.4. The maximum atomic E-state index is 12.5. The van der Waals surface area contributed by atoms with Crippen molar-refractivity contribution in [1.82, 2.24) is 9.29 Å². The topological polar surface area (TPSA) is 106 Å². The Morgan fingerprint density at radius 3 is 2.38 bits per heavy atom. The van der Waals surface area contributed by atoms with Crippen LogP contribution in [0.1, 0.15) is 0 Å². The third-order valence-electron chi connectivity index (χ3n) is 3.69. The number of ether oxygens (including phenoxy) is 1. The predicted octanol–water partition coefficient (Wildman–Crippen LogP) is 1.56. The molecule has 8 nitrogen and oxygen atoms in total. The molecule has 2 aromatic rings. The van der Waals surface area contributed by atoms with Gasteiger partial charge in [0.15, 0.2) is 0 Å². The molecule has 1 saturated heterocycles. The lowest BCUT2D eigenvalue weighted by molar-refractivity contribution is 0.0730. The molecule has 1 aromatic heterocycles. The van der Waals surface area contributed by atoms with E-state index in [9.17, 15) is 16.8 Å². The number of hydrogen-bond acceptors (Lipinski definition) is 6. The summed E-state index contributed by atoms with van der Waals surface area (Å²) < 4.78 is 58.5. The van der Waals surface area contributed by atoms with Crippen LogP contribution in [0.3, 0.4) is 0 Å². The highest BCUT2D eigenvalue weighted by atomic mass is 35.5. The van der Waals surface area contributed by atoms with Crippen LogP contribution in [-0.4, -0.2) is 52.4 Å². The molecule has 0 atom stereocenters. The zero-order valence-corrected chi connectivity index (χ0v) is 15.9. The van der Waals surface area contributed by atoms with Crippen molar-refractivity contribution in [2.45, 2.75) is 9.79 Å². The van der Waals surface area contributed by atoms with Gasteiger partial charge in [0.25, 0.3) is 10.0 Å². The molecule has 0 bridgehead atoms. The maximum Gasteiger partial charge on any atom is 0.263 e. The number of sulfonamides is 2. The molecule has 1 aliphatic heterocycles. The highest BCUT2D eigenvalue weighted by Gasteiger charge is 2.26. The summed E-state index contributed by atoms with van der Waals surface area (Å²) in [7, 11) is -7.56. The molecule has 3 rings (SSSR count). The van der Waals surface area contributed by atoms with Crippen molar-refractivity contribution in [2.24, 2.45) is 0 Å². The molecule has 0 saturated carbocycles. The van der Waals surface area contributed by atoms with Gasteiger partial charge in [-0.2, -0.15) is 4.31 Å². The molecule has 1 fully saturated rings. The number of nitrogens with zero attached hydrogens (tertiary/aromatic N) is 2. The Morgan fingerprint density at radius 1 is 1.04 bits per heavy atom. The van der Waals surface area contributed by atoms with Crippen LogP contribution in [0, 0.1) is 0 Å². The van der Waals surface area contributed by atoms with E-state index in [1.807, 2.05) is 0 Å². The molecule has 1 aliphatic rings. The average Bonchev–Trinajstić information content (AvgIpc) is 2.63. The molecule has 2 heterocycles. The molecule has 11 heteroatoms. The van der Waals surface area contributed by atoms with Crippen LogP contribution in [0.25, 0.3) is 0 Å². The standard InChI is InChI=1S/C15H16ClN3O5S2/c16-12-2-1-3-13(10-12)25(20,21)18-15-5-4-14(11-17-15)26(22,23)19-6-8-24-9-7-19/h1-5,10-11H,6-9H2,(H,17,18). The fraction of sp³-hybridized carbons (Fsp3) is 0.267. The normalized spacial score (nSPS) is 16.3. The summed E-state index contributed by atoms with van der Waals surface area (Å²) in [5.41, 5.74) is 0. The van der Waals surface area contributed by atoms with Gasteiger partial charge in [-0.1, -0.05) is 17.7 Å². The van der Waals surface area contributed by atoms with E-state index in [2.05, 4.69) is 9.71 Å². The molecule has 0 unspecified atom stereocenters. The predicted molar refractivity (Wildman–Crippen MR) is 96.1 cm³/mol. The number of rotatable bonds is 5. The van der Waals surface area contributed by atoms with Crippen molar-refractivity contribution in [3.8, 4) is 0 Å². The third-order valence-corrected chi connectivity index (χ3v) is 7.16.